The number of benzene rings is 1. The van der Waals surface area contributed by atoms with Crippen molar-refractivity contribution in [3.8, 4) is 0 Å². The molecule has 1 saturated carbocycles. The first-order valence-electron chi connectivity index (χ1n) is 7.62. The first kappa shape index (κ1) is 14.5. The van der Waals surface area contributed by atoms with Crippen molar-refractivity contribution in [2.75, 3.05) is 13.1 Å². The van der Waals surface area contributed by atoms with Gasteiger partial charge >= 0.3 is 0 Å². The van der Waals surface area contributed by atoms with E-state index in [1.54, 1.807) is 0 Å². The van der Waals surface area contributed by atoms with E-state index in [0.29, 0.717) is 17.8 Å². The van der Waals surface area contributed by atoms with Crippen LogP contribution in [0.25, 0.3) is 0 Å². The zero-order valence-corrected chi connectivity index (χ0v) is 12.2. The van der Waals surface area contributed by atoms with Gasteiger partial charge in [-0.1, -0.05) is 50.6 Å². The van der Waals surface area contributed by atoms with Crippen LogP contribution in [0.3, 0.4) is 0 Å². The highest BCUT2D eigenvalue weighted by Gasteiger charge is 2.25. The molecule has 1 aliphatic rings. The second-order valence-electron chi connectivity index (χ2n) is 6.18. The zero-order chi connectivity index (χ0) is 13.7. The Morgan fingerprint density at radius 3 is 2.53 bits per heavy atom. The van der Waals surface area contributed by atoms with E-state index < -0.39 is 0 Å². The summed E-state index contributed by atoms with van der Waals surface area (Å²) in [6.07, 6.45) is 3.26. The van der Waals surface area contributed by atoms with Gasteiger partial charge < -0.3 is 10.4 Å². The second kappa shape index (κ2) is 7.06. The van der Waals surface area contributed by atoms with E-state index in [9.17, 15) is 5.11 Å². The molecule has 2 N–H and O–H groups in total. The maximum Gasteiger partial charge on any atom is 0.0580 e. The van der Waals surface area contributed by atoms with E-state index in [1.807, 2.05) is 0 Å². The molecule has 19 heavy (non-hydrogen) atoms. The van der Waals surface area contributed by atoms with Crippen molar-refractivity contribution < 1.29 is 5.11 Å². The molecule has 0 radical (unpaired) electrons. The van der Waals surface area contributed by atoms with Gasteiger partial charge in [0.05, 0.1) is 6.10 Å². The van der Waals surface area contributed by atoms with E-state index in [4.69, 9.17) is 0 Å². The Kier molecular flexibility index (Phi) is 5.41. The lowest BCUT2D eigenvalue weighted by Crippen LogP contribution is -2.32. The van der Waals surface area contributed by atoms with Crippen molar-refractivity contribution >= 4 is 0 Å². The Morgan fingerprint density at radius 2 is 1.95 bits per heavy atom. The van der Waals surface area contributed by atoms with E-state index in [0.717, 1.165) is 19.5 Å². The molecule has 0 heterocycles. The summed E-state index contributed by atoms with van der Waals surface area (Å²) in [7, 11) is 0. The number of hydrogen-bond acceptors (Lipinski definition) is 2. The van der Waals surface area contributed by atoms with Crippen molar-refractivity contribution in [3.63, 3.8) is 0 Å². The molecule has 3 unspecified atom stereocenters. The van der Waals surface area contributed by atoms with Crippen LogP contribution >= 0.6 is 0 Å². The molecule has 0 amide bonds. The fourth-order valence-corrected chi connectivity index (χ4v) is 3.12. The fourth-order valence-electron chi connectivity index (χ4n) is 3.12. The van der Waals surface area contributed by atoms with Gasteiger partial charge in [0.1, 0.15) is 0 Å². The third-order valence-corrected chi connectivity index (χ3v) is 4.42. The lowest BCUT2D eigenvalue weighted by Gasteiger charge is -2.23. The van der Waals surface area contributed by atoms with Crippen LogP contribution in [-0.2, 0) is 0 Å². The Hall–Kier alpha value is -0.860. The maximum atomic E-state index is 9.84. The summed E-state index contributed by atoms with van der Waals surface area (Å²) < 4.78 is 0. The summed E-state index contributed by atoms with van der Waals surface area (Å²) >= 11 is 0. The molecule has 1 aromatic carbocycles. The Labute approximate surface area is 117 Å². The third-order valence-electron chi connectivity index (χ3n) is 4.42. The minimum absolute atomic E-state index is 0.0817. The van der Waals surface area contributed by atoms with E-state index in [2.05, 4.69) is 49.5 Å². The van der Waals surface area contributed by atoms with Crippen molar-refractivity contribution in [1.29, 1.82) is 0 Å². The van der Waals surface area contributed by atoms with Crippen LogP contribution in [0.2, 0.25) is 0 Å². The Balaban J connectivity index is 1.84. The van der Waals surface area contributed by atoms with Crippen LogP contribution in [-0.4, -0.2) is 24.3 Å². The minimum atomic E-state index is -0.0817. The summed E-state index contributed by atoms with van der Waals surface area (Å²) in [4.78, 5) is 0. The van der Waals surface area contributed by atoms with Gasteiger partial charge in [-0.25, -0.2) is 0 Å². The summed E-state index contributed by atoms with van der Waals surface area (Å²) in [5.74, 6) is 1.65. The highest BCUT2D eigenvalue weighted by molar-refractivity contribution is 5.20. The number of hydrogen-bond donors (Lipinski definition) is 2. The first-order valence-corrected chi connectivity index (χ1v) is 7.62. The Bertz CT molecular complexity index is 363. The molecule has 106 valence electrons. The van der Waals surface area contributed by atoms with Crippen LogP contribution in [0.5, 0.6) is 0 Å². The third kappa shape index (κ3) is 4.05. The van der Waals surface area contributed by atoms with Crippen molar-refractivity contribution in [1.82, 2.24) is 5.32 Å². The largest absolute Gasteiger partial charge is 0.393 e. The van der Waals surface area contributed by atoms with Gasteiger partial charge in [0.15, 0.2) is 0 Å². The number of nitrogens with one attached hydrogen (secondary N) is 1. The normalized spacial score (nSPS) is 24.8. The number of aliphatic hydroxyl groups is 1. The SMILES string of the molecule is CC(C)C(CNCC1CCCC1O)c1ccccc1. The molecule has 3 atom stereocenters. The van der Waals surface area contributed by atoms with Crippen LogP contribution in [0.4, 0.5) is 0 Å². The predicted octanol–water partition coefficient (Wildman–Crippen LogP) is 3.18. The molecule has 1 aliphatic carbocycles. The topological polar surface area (TPSA) is 32.3 Å². The molecule has 0 saturated heterocycles. The van der Waals surface area contributed by atoms with Crippen LogP contribution in [0.1, 0.15) is 44.6 Å². The highest BCUT2D eigenvalue weighted by Crippen LogP contribution is 2.26. The van der Waals surface area contributed by atoms with Gasteiger partial charge in [0, 0.05) is 13.1 Å². The molecule has 2 heteroatoms. The summed E-state index contributed by atoms with van der Waals surface area (Å²) in [6, 6.07) is 10.7. The molecule has 0 spiro atoms. The number of rotatable bonds is 6. The van der Waals surface area contributed by atoms with Crippen LogP contribution < -0.4 is 5.32 Å². The Morgan fingerprint density at radius 1 is 1.21 bits per heavy atom. The smallest absolute Gasteiger partial charge is 0.0580 e. The van der Waals surface area contributed by atoms with Gasteiger partial charge in [0.25, 0.3) is 0 Å². The fraction of sp³-hybridized carbons (Fsp3) is 0.647. The lowest BCUT2D eigenvalue weighted by molar-refractivity contribution is 0.131. The van der Waals surface area contributed by atoms with Gasteiger partial charge in [-0.05, 0) is 36.2 Å². The quantitative estimate of drug-likeness (QED) is 0.824. The summed E-state index contributed by atoms with van der Waals surface area (Å²) in [5.41, 5.74) is 1.41. The van der Waals surface area contributed by atoms with E-state index in [-0.39, 0.29) is 6.10 Å². The van der Waals surface area contributed by atoms with E-state index in [1.165, 1.54) is 18.4 Å². The lowest BCUT2D eigenvalue weighted by atomic mass is 9.88. The molecule has 0 bridgehead atoms. The average Bonchev–Trinajstić information content (AvgIpc) is 2.81. The van der Waals surface area contributed by atoms with Crippen molar-refractivity contribution in [3.05, 3.63) is 35.9 Å². The minimum Gasteiger partial charge on any atom is -0.393 e. The van der Waals surface area contributed by atoms with Crippen molar-refractivity contribution in [2.24, 2.45) is 11.8 Å². The first-order chi connectivity index (χ1) is 9.18. The zero-order valence-electron chi connectivity index (χ0n) is 12.2. The molecular weight excluding hydrogens is 234 g/mol. The second-order valence-corrected chi connectivity index (χ2v) is 6.18. The molecule has 0 aliphatic heterocycles. The predicted molar refractivity (Wildman–Crippen MR) is 80.2 cm³/mol. The van der Waals surface area contributed by atoms with Gasteiger partial charge in [-0.2, -0.15) is 0 Å². The molecule has 1 aromatic rings. The van der Waals surface area contributed by atoms with Gasteiger partial charge in [-0.15, -0.1) is 0 Å². The molecule has 2 rings (SSSR count). The average molecular weight is 261 g/mol. The molecule has 1 fully saturated rings. The van der Waals surface area contributed by atoms with Crippen LogP contribution in [0, 0.1) is 11.8 Å². The van der Waals surface area contributed by atoms with Crippen LogP contribution in [0.15, 0.2) is 30.3 Å². The van der Waals surface area contributed by atoms with Crippen molar-refractivity contribution in [2.45, 2.75) is 45.1 Å². The van der Waals surface area contributed by atoms with Gasteiger partial charge in [0.2, 0.25) is 0 Å². The highest BCUT2D eigenvalue weighted by atomic mass is 16.3. The number of aliphatic hydroxyl groups excluding tert-OH is 1. The molecular formula is C17H27NO. The standard InChI is InChI=1S/C17H27NO/c1-13(2)16(14-7-4-3-5-8-14)12-18-11-15-9-6-10-17(15)19/h3-5,7-8,13,15-19H,6,9-12H2,1-2H3. The van der Waals surface area contributed by atoms with Gasteiger partial charge in [-0.3, -0.25) is 0 Å². The monoisotopic (exact) mass is 261 g/mol. The summed E-state index contributed by atoms with van der Waals surface area (Å²) in [6.45, 7) is 6.52. The van der Waals surface area contributed by atoms with E-state index >= 15 is 0 Å². The summed E-state index contributed by atoms with van der Waals surface area (Å²) in [5, 5.41) is 13.4. The molecule has 0 aromatic heterocycles. The maximum absolute atomic E-state index is 9.84. The molecule has 2 nitrogen and oxygen atoms in total.